The quantitative estimate of drug-likeness (QED) is 0.854. The molecule has 3 rings (SSSR count). The van der Waals surface area contributed by atoms with E-state index in [0.29, 0.717) is 0 Å². The van der Waals surface area contributed by atoms with E-state index in [1.165, 1.54) is 0 Å². The van der Waals surface area contributed by atoms with Crippen molar-refractivity contribution in [1.82, 2.24) is 0 Å². The standard InChI is InChI=1S/C17H19NO3/c1-9-3-6-13(10(2)7-9)18-16(19)14-11-4-5-12(8-11)15(14)17(20)21/h3-7,11-12,14-15H,8H2,1-2H3,(H,18,19)(H,20,21)/p-1/t11-,12+,14+,15+/m1/s1. The van der Waals surface area contributed by atoms with Crippen molar-refractivity contribution in [3.63, 3.8) is 0 Å². The lowest BCUT2D eigenvalue weighted by atomic mass is 9.82. The summed E-state index contributed by atoms with van der Waals surface area (Å²) in [5.74, 6) is -2.60. The van der Waals surface area contributed by atoms with Crippen LogP contribution in [0.15, 0.2) is 30.4 Å². The van der Waals surface area contributed by atoms with Gasteiger partial charge in [0.2, 0.25) is 5.91 Å². The third kappa shape index (κ3) is 2.35. The summed E-state index contributed by atoms with van der Waals surface area (Å²) in [6.45, 7) is 3.92. The van der Waals surface area contributed by atoms with Crippen LogP contribution in [-0.4, -0.2) is 11.9 Å². The third-order valence-corrected chi connectivity index (χ3v) is 4.67. The van der Waals surface area contributed by atoms with Gasteiger partial charge in [0.15, 0.2) is 0 Å². The summed E-state index contributed by atoms with van der Waals surface area (Å²) in [5, 5.41) is 14.2. The molecule has 0 unspecified atom stereocenters. The number of carboxylic acid groups (broad SMARTS) is 1. The zero-order chi connectivity index (χ0) is 15.1. The van der Waals surface area contributed by atoms with Crippen LogP contribution in [0.2, 0.25) is 0 Å². The van der Waals surface area contributed by atoms with Crippen LogP contribution in [0, 0.1) is 37.5 Å². The number of amides is 1. The molecule has 0 aliphatic heterocycles. The van der Waals surface area contributed by atoms with E-state index in [0.717, 1.165) is 23.2 Å². The van der Waals surface area contributed by atoms with Gasteiger partial charge < -0.3 is 15.2 Å². The molecule has 0 spiro atoms. The van der Waals surface area contributed by atoms with Crippen molar-refractivity contribution in [3.8, 4) is 0 Å². The summed E-state index contributed by atoms with van der Waals surface area (Å²) in [6, 6.07) is 5.78. The summed E-state index contributed by atoms with van der Waals surface area (Å²) in [6.07, 6.45) is 4.62. The molecule has 21 heavy (non-hydrogen) atoms. The molecule has 2 aliphatic carbocycles. The number of carbonyl (C=O) groups is 2. The Labute approximate surface area is 123 Å². The fourth-order valence-electron chi connectivity index (χ4n) is 3.67. The number of allylic oxidation sites excluding steroid dienone is 2. The minimum absolute atomic E-state index is 0.0173. The molecule has 4 nitrogen and oxygen atoms in total. The minimum atomic E-state index is -1.12. The van der Waals surface area contributed by atoms with Gasteiger partial charge in [-0.25, -0.2) is 0 Å². The molecular weight excluding hydrogens is 266 g/mol. The lowest BCUT2D eigenvalue weighted by molar-refractivity contribution is -0.313. The van der Waals surface area contributed by atoms with E-state index in [-0.39, 0.29) is 17.7 Å². The van der Waals surface area contributed by atoms with Crippen molar-refractivity contribution in [2.75, 3.05) is 5.32 Å². The highest BCUT2D eigenvalue weighted by Gasteiger charge is 2.48. The van der Waals surface area contributed by atoms with Crippen LogP contribution in [0.4, 0.5) is 5.69 Å². The number of fused-ring (bicyclic) bond motifs is 2. The number of benzene rings is 1. The topological polar surface area (TPSA) is 69.2 Å². The van der Waals surface area contributed by atoms with E-state index in [2.05, 4.69) is 5.32 Å². The molecule has 1 aromatic rings. The van der Waals surface area contributed by atoms with Gasteiger partial charge in [0, 0.05) is 17.6 Å². The van der Waals surface area contributed by atoms with Gasteiger partial charge in [0.1, 0.15) is 0 Å². The third-order valence-electron chi connectivity index (χ3n) is 4.67. The SMILES string of the molecule is Cc1ccc(NC(=O)[C@@H]2[C@@H](C(=O)[O-])[C@H]3C=C[C@@H]2C3)c(C)c1. The van der Waals surface area contributed by atoms with E-state index in [1.54, 1.807) is 0 Å². The average Bonchev–Trinajstić information content (AvgIpc) is 3.02. The predicted octanol–water partition coefficient (Wildman–Crippen LogP) is 1.43. The first-order valence-electron chi connectivity index (χ1n) is 7.24. The van der Waals surface area contributed by atoms with Crippen LogP contribution in [0.5, 0.6) is 0 Å². The Bertz CT molecular complexity index is 635. The molecule has 2 aliphatic rings. The Kier molecular flexibility index (Phi) is 3.32. The van der Waals surface area contributed by atoms with Crippen molar-refractivity contribution < 1.29 is 14.7 Å². The first-order chi connectivity index (χ1) is 9.97. The number of nitrogens with one attached hydrogen (secondary N) is 1. The molecule has 0 saturated heterocycles. The zero-order valence-electron chi connectivity index (χ0n) is 12.1. The highest BCUT2D eigenvalue weighted by Crippen LogP contribution is 2.48. The Morgan fingerprint density at radius 1 is 1.14 bits per heavy atom. The molecule has 0 radical (unpaired) electrons. The molecule has 4 heteroatoms. The first-order valence-corrected chi connectivity index (χ1v) is 7.24. The van der Waals surface area contributed by atoms with E-state index < -0.39 is 17.8 Å². The Balaban J connectivity index is 1.82. The largest absolute Gasteiger partial charge is 0.550 e. The summed E-state index contributed by atoms with van der Waals surface area (Å²) in [7, 11) is 0. The number of carboxylic acids is 1. The van der Waals surface area contributed by atoms with E-state index in [1.807, 2.05) is 44.2 Å². The number of rotatable bonds is 3. The second-order valence-electron chi connectivity index (χ2n) is 6.13. The van der Waals surface area contributed by atoms with Crippen LogP contribution in [0.3, 0.4) is 0 Å². The van der Waals surface area contributed by atoms with Gasteiger partial charge in [-0.3, -0.25) is 4.79 Å². The van der Waals surface area contributed by atoms with Crippen LogP contribution in [0.25, 0.3) is 0 Å². The number of aryl methyl sites for hydroxylation is 2. The maximum atomic E-state index is 12.5. The fraction of sp³-hybridized carbons (Fsp3) is 0.412. The first kappa shape index (κ1) is 13.9. The molecule has 2 bridgehead atoms. The van der Waals surface area contributed by atoms with Crippen molar-refractivity contribution in [1.29, 1.82) is 0 Å². The number of hydrogen-bond acceptors (Lipinski definition) is 3. The van der Waals surface area contributed by atoms with Crippen molar-refractivity contribution in [2.24, 2.45) is 23.7 Å². The monoisotopic (exact) mass is 284 g/mol. The molecule has 0 heterocycles. The number of hydrogen-bond donors (Lipinski definition) is 1. The molecule has 1 N–H and O–H groups in total. The highest BCUT2D eigenvalue weighted by atomic mass is 16.4. The Morgan fingerprint density at radius 2 is 1.81 bits per heavy atom. The second-order valence-corrected chi connectivity index (χ2v) is 6.13. The molecule has 1 saturated carbocycles. The summed E-state index contributed by atoms with van der Waals surface area (Å²) in [4.78, 5) is 23.9. The normalized spacial score (nSPS) is 29.6. The lowest BCUT2D eigenvalue weighted by Crippen LogP contribution is -2.42. The van der Waals surface area contributed by atoms with Crippen molar-refractivity contribution >= 4 is 17.6 Å². The summed E-state index contributed by atoms with van der Waals surface area (Å²) in [5.41, 5.74) is 2.85. The molecule has 1 aromatic carbocycles. The molecule has 110 valence electrons. The van der Waals surface area contributed by atoms with Crippen LogP contribution >= 0.6 is 0 Å². The minimum Gasteiger partial charge on any atom is -0.550 e. The molecular formula is C17H18NO3-. The van der Waals surface area contributed by atoms with Crippen molar-refractivity contribution in [3.05, 3.63) is 41.5 Å². The number of carbonyl (C=O) groups excluding carboxylic acids is 2. The van der Waals surface area contributed by atoms with Gasteiger partial charge in [-0.05, 0) is 43.7 Å². The maximum Gasteiger partial charge on any atom is 0.228 e. The average molecular weight is 284 g/mol. The molecule has 1 fully saturated rings. The van der Waals surface area contributed by atoms with E-state index in [4.69, 9.17) is 0 Å². The maximum absolute atomic E-state index is 12.5. The lowest BCUT2D eigenvalue weighted by Gasteiger charge is -2.28. The van der Waals surface area contributed by atoms with Crippen LogP contribution in [0.1, 0.15) is 17.5 Å². The predicted molar refractivity (Wildman–Crippen MR) is 77.3 cm³/mol. The van der Waals surface area contributed by atoms with Gasteiger partial charge in [0.25, 0.3) is 0 Å². The van der Waals surface area contributed by atoms with Gasteiger partial charge in [-0.15, -0.1) is 0 Å². The van der Waals surface area contributed by atoms with Gasteiger partial charge in [-0.1, -0.05) is 29.8 Å². The van der Waals surface area contributed by atoms with Crippen molar-refractivity contribution in [2.45, 2.75) is 20.3 Å². The fourth-order valence-corrected chi connectivity index (χ4v) is 3.67. The van der Waals surface area contributed by atoms with E-state index in [9.17, 15) is 14.7 Å². The molecule has 0 aromatic heterocycles. The summed E-state index contributed by atoms with van der Waals surface area (Å²) < 4.78 is 0. The van der Waals surface area contributed by atoms with Gasteiger partial charge in [0.05, 0.1) is 5.92 Å². The second kappa shape index (κ2) is 5.02. The van der Waals surface area contributed by atoms with Crippen LogP contribution < -0.4 is 10.4 Å². The van der Waals surface area contributed by atoms with Gasteiger partial charge in [-0.2, -0.15) is 0 Å². The Hall–Kier alpha value is -2.10. The zero-order valence-corrected chi connectivity index (χ0v) is 12.1. The van der Waals surface area contributed by atoms with E-state index >= 15 is 0 Å². The van der Waals surface area contributed by atoms with Gasteiger partial charge >= 0.3 is 0 Å². The summed E-state index contributed by atoms with van der Waals surface area (Å²) >= 11 is 0. The molecule has 4 atom stereocenters. The van der Waals surface area contributed by atoms with Crippen LogP contribution in [-0.2, 0) is 9.59 Å². The Morgan fingerprint density at radius 3 is 2.43 bits per heavy atom. The number of aliphatic carboxylic acids is 1. The molecule has 1 amide bonds. The smallest absolute Gasteiger partial charge is 0.228 e. The highest BCUT2D eigenvalue weighted by molar-refractivity contribution is 5.96. The number of anilines is 1.